The summed E-state index contributed by atoms with van der Waals surface area (Å²) in [5.74, 6) is 0.785. The highest BCUT2D eigenvalue weighted by Crippen LogP contribution is 2.27. The minimum absolute atomic E-state index is 0.137. The molecule has 0 unspecified atom stereocenters. The average Bonchev–Trinajstić information content (AvgIpc) is 2.73. The molecule has 0 aromatic heterocycles. The predicted octanol–water partition coefficient (Wildman–Crippen LogP) is 4.28. The lowest BCUT2D eigenvalue weighted by Crippen LogP contribution is -2.26. The molecule has 2 aromatic rings. The maximum atomic E-state index is 12.3. The van der Waals surface area contributed by atoms with Gasteiger partial charge in [0.1, 0.15) is 0 Å². The van der Waals surface area contributed by atoms with Crippen LogP contribution in [0.25, 0.3) is 0 Å². The molecule has 0 saturated heterocycles. The third kappa shape index (κ3) is 6.01. The molecule has 0 heterocycles. The van der Waals surface area contributed by atoms with E-state index in [2.05, 4.69) is 10.0 Å². The maximum Gasteiger partial charge on any atom is 0.261 e. The number of anilines is 1. The van der Waals surface area contributed by atoms with Crippen molar-refractivity contribution in [2.75, 3.05) is 17.0 Å². The van der Waals surface area contributed by atoms with Crippen LogP contribution in [0.2, 0.25) is 0 Å². The van der Waals surface area contributed by atoms with Gasteiger partial charge < -0.3 is 5.32 Å². The molecule has 7 heteroatoms. The van der Waals surface area contributed by atoms with Crippen molar-refractivity contribution >= 4 is 33.4 Å². The molecule has 150 valence electrons. The van der Waals surface area contributed by atoms with Crippen molar-refractivity contribution in [3.63, 3.8) is 0 Å². The van der Waals surface area contributed by atoms with Crippen LogP contribution in [-0.4, -0.2) is 31.9 Å². The third-order valence-electron chi connectivity index (χ3n) is 4.75. The van der Waals surface area contributed by atoms with Gasteiger partial charge in [0.05, 0.1) is 4.90 Å². The van der Waals surface area contributed by atoms with Crippen molar-refractivity contribution in [1.82, 2.24) is 5.32 Å². The van der Waals surface area contributed by atoms with Crippen LogP contribution < -0.4 is 10.0 Å². The van der Waals surface area contributed by atoms with Gasteiger partial charge in [-0.2, -0.15) is 11.8 Å². The summed E-state index contributed by atoms with van der Waals surface area (Å²) in [4.78, 5) is 12.5. The van der Waals surface area contributed by atoms with Gasteiger partial charge in [0.2, 0.25) is 0 Å². The van der Waals surface area contributed by atoms with Crippen LogP contribution in [0, 0.1) is 0 Å². The van der Waals surface area contributed by atoms with Gasteiger partial charge in [-0.1, -0.05) is 37.5 Å². The van der Waals surface area contributed by atoms with Crippen LogP contribution in [0.3, 0.4) is 0 Å². The summed E-state index contributed by atoms with van der Waals surface area (Å²) in [6, 6.07) is 14.7. The van der Waals surface area contributed by atoms with Gasteiger partial charge in [0, 0.05) is 28.8 Å². The molecule has 3 rings (SSSR count). The molecule has 1 aliphatic rings. The highest BCUT2D eigenvalue weighted by atomic mass is 32.2. The SMILES string of the molecule is O=C(NCCSC1CCCCC1)c1ccc(NS(=O)(=O)c2ccccc2)cc1. The number of nitrogens with one attached hydrogen (secondary N) is 2. The average molecular weight is 419 g/mol. The van der Waals surface area contributed by atoms with Gasteiger partial charge in [-0.25, -0.2) is 8.42 Å². The summed E-state index contributed by atoms with van der Waals surface area (Å²) < 4.78 is 27.2. The van der Waals surface area contributed by atoms with Gasteiger partial charge in [0.15, 0.2) is 0 Å². The summed E-state index contributed by atoms with van der Waals surface area (Å²) in [5, 5.41) is 3.67. The summed E-state index contributed by atoms with van der Waals surface area (Å²) >= 11 is 1.95. The molecule has 1 fully saturated rings. The molecule has 1 aliphatic carbocycles. The Morgan fingerprint density at radius 2 is 1.64 bits per heavy atom. The van der Waals surface area contributed by atoms with E-state index in [4.69, 9.17) is 0 Å². The lowest BCUT2D eigenvalue weighted by molar-refractivity contribution is 0.0956. The highest BCUT2D eigenvalue weighted by molar-refractivity contribution is 7.99. The fraction of sp³-hybridized carbons (Fsp3) is 0.381. The Kier molecular flexibility index (Phi) is 7.39. The summed E-state index contributed by atoms with van der Waals surface area (Å²) in [7, 11) is -3.63. The van der Waals surface area contributed by atoms with Crippen LogP contribution in [-0.2, 0) is 10.0 Å². The molecular weight excluding hydrogens is 392 g/mol. The Morgan fingerprint density at radius 3 is 2.32 bits per heavy atom. The molecule has 0 radical (unpaired) electrons. The summed E-state index contributed by atoms with van der Waals surface area (Å²) in [5.41, 5.74) is 0.943. The number of hydrogen-bond acceptors (Lipinski definition) is 4. The monoisotopic (exact) mass is 418 g/mol. The zero-order chi connectivity index (χ0) is 19.8. The number of thioether (sulfide) groups is 1. The lowest BCUT2D eigenvalue weighted by atomic mass is 10.0. The van der Waals surface area contributed by atoms with Gasteiger partial charge >= 0.3 is 0 Å². The Labute approximate surface area is 171 Å². The maximum absolute atomic E-state index is 12.3. The number of amides is 1. The van der Waals surface area contributed by atoms with E-state index in [1.54, 1.807) is 42.5 Å². The molecule has 5 nitrogen and oxygen atoms in total. The van der Waals surface area contributed by atoms with E-state index in [-0.39, 0.29) is 10.8 Å². The highest BCUT2D eigenvalue weighted by Gasteiger charge is 2.15. The molecule has 2 aromatic carbocycles. The second kappa shape index (κ2) is 9.98. The van der Waals surface area contributed by atoms with Crippen LogP contribution in [0.4, 0.5) is 5.69 Å². The fourth-order valence-electron chi connectivity index (χ4n) is 3.23. The Hall–Kier alpha value is -1.99. The Morgan fingerprint density at radius 1 is 0.964 bits per heavy atom. The first-order valence-electron chi connectivity index (χ1n) is 9.62. The number of carbonyl (C=O) groups is 1. The molecule has 28 heavy (non-hydrogen) atoms. The minimum atomic E-state index is -3.63. The standard InChI is InChI=1S/C21H26N2O3S2/c24-21(22-15-16-27-19-7-3-1-4-8-19)17-11-13-18(14-12-17)23-28(25,26)20-9-5-2-6-10-20/h2,5-6,9-14,19,23H,1,3-4,7-8,15-16H2,(H,22,24). The number of sulfonamides is 1. The molecule has 0 atom stereocenters. The van der Waals surface area contributed by atoms with Crippen LogP contribution in [0.15, 0.2) is 59.5 Å². The molecule has 1 saturated carbocycles. The Bertz CT molecular complexity index is 862. The van der Waals surface area contributed by atoms with Crippen molar-refractivity contribution in [2.45, 2.75) is 42.2 Å². The van der Waals surface area contributed by atoms with Gasteiger partial charge in [0.25, 0.3) is 15.9 Å². The van der Waals surface area contributed by atoms with Crippen molar-refractivity contribution < 1.29 is 13.2 Å². The van der Waals surface area contributed by atoms with E-state index in [9.17, 15) is 13.2 Å². The zero-order valence-corrected chi connectivity index (χ0v) is 17.4. The molecule has 0 bridgehead atoms. The van der Waals surface area contributed by atoms with E-state index in [0.29, 0.717) is 17.8 Å². The zero-order valence-electron chi connectivity index (χ0n) is 15.8. The number of benzene rings is 2. The van der Waals surface area contributed by atoms with E-state index in [1.807, 2.05) is 11.8 Å². The van der Waals surface area contributed by atoms with Crippen LogP contribution in [0.5, 0.6) is 0 Å². The van der Waals surface area contributed by atoms with Crippen molar-refractivity contribution in [2.24, 2.45) is 0 Å². The smallest absolute Gasteiger partial charge is 0.261 e. The molecule has 0 aliphatic heterocycles. The molecule has 1 amide bonds. The predicted molar refractivity (Wildman–Crippen MR) is 115 cm³/mol. The molecular formula is C21H26N2O3S2. The topological polar surface area (TPSA) is 75.3 Å². The Balaban J connectivity index is 1.47. The second-order valence-corrected chi connectivity index (χ2v) is 9.97. The van der Waals surface area contributed by atoms with Crippen LogP contribution >= 0.6 is 11.8 Å². The fourth-order valence-corrected chi connectivity index (χ4v) is 5.53. The number of hydrogen-bond donors (Lipinski definition) is 2. The van der Waals surface area contributed by atoms with Crippen LogP contribution in [0.1, 0.15) is 42.5 Å². The van der Waals surface area contributed by atoms with Gasteiger partial charge in [-0.15, -0.1) is 0 Å². The van der Waals surface area contributed by atoms with E-state index >= 15 is 0 Å². The summed E-state index contributed by atoms with van der Waals surface area (Å²) in [6.07, 6.45) is 6.58. The minimum Gasteiger partial charge on any atom is -0.351 e. The molecule has 0 spiro atoms. The van der Waals surface area contributed by atoms with Crippen molar-refractivity contribution in [3.8, 4) is 0 Å². The van der Waals surface area contributed by atoms with E-state index in [0.717, 1.165) is 11.0 Å². The van der Waals surface area contributed by atoms with Gasteiger partial charge in [-0.3, -0.25) is 9.52 Å². The first-order chi connectivity index (χ1) is 13.5. The second-order valence-electron chi connectivity index (χ2n) is 6.88. The normalized spacial score (nSPS) is 15.1. The van der Waals surface area contributed by atoms with Crippen molar-refractivity contribution in [1.29, 1.82) is 0 Å². The first kappa shape index (κ1) is 20.7. The van der Waals surface area contributed by atoms with E-state index in [1.165, 1.54) is 44.2 Å². The van der Waals surface area contributed by atoms with E-state index < -0.39 is 10.0 Å². The lowest BCUT2D eigenvalue weighted by Gasteiger charge is -2.20. The first-order valence-corrected chi connectivity index (χ1v) is 12.2. The van der Waals surface area contributed by atoms with Crippen molar-refractivity contribution in [3.05, 3.63) is 60.2 Å². The number of carbonyl (C=O) groups excluding carboxylic acids is 1. The number of rotatable bonds is 8. The third-order valence-corrected chi connectivity index (χ3v) is 7.53. The summed E-state index contributed by atoms with van der Waals surface area (Å²) in [6.45, 7) is 0.641. The van der Waals surface area contributed by atoms with Gasteiger partial charge in [-0.05, 0) is 49.2 Å². The molecule has 2 N–H and O–H groups in total. The quantitative estimate of drug-likeness (QED) is 0.628. The largest absolute Gasteiger partial charge is 0.351 e.